The molecule has 0 spiro atoms. The fourth-order valence-corrected chi connectivity index (χ4v) is 9.91. The molecule has 5 fully saturated rings. The van der Waals surface area contributed by atoms with Crippen molar-refractivity contribution in [1.82, 2.24) is 4.90 Å². The first-order chi connectivity index (χ1) is 14.6. The van der Waals surface area contributed by atoms with Crippen molar-refractivity contribution < 1.29 is 9.90 Å². The van der Waals surface area contributed by atoms with Crippen LogP contribution in [-0.2, 0) is 4.79 Å². The lowest BCUT2D eigenvalue weighted by molar-refractivity contribution is -0.157. The van der Waals surface area contributed by atoms with E-state index in [4.69, 9.17) is 0 Å². The van der Waals surface area contributed by atoms with Crippen molar-refractivity contribution in [3.05, 3.63) is 0 Å². The molecule has 31 heavy (non-hydrogen) atoms. The van der Waals surface area contributed by atoms with Crippen LogP contribution in [0, 0.1) is 52.3 Å². The number of piperidine rings is 1. The number of carbonyl (C=O) groups is 1. The third-order valence-electron chi connectivity index (χ3n) is 11.7. The summed E-state index contributed by atoms with van der Waals surface area (Å²) in [4.78, 5) is 16.0. The monoisotopic (exact) mass is 429 g/mol. The first-order valence-electron chi connectivity index (χ1n) is 13.5. The number of likely N-dealkylation sites (tertiary alicyclic amines) is 1. The molecule has 1 saturated heterocycles. The van der Waals surface area contributed by atoms with Gasteiger partial charge in [-0.15, -0.1) is 0 Å². The van der Waals surface area contributed by atoms with Crippen LogP contribution in [-0.4, -0.2) is 41.5 Å². The second kappa shape index (κ2) is 7.83. The highest BCUT2D eigenvalue weighted by molar-refractivity contribution is 5.83. The van der Waals surface area contributed by atoms with Crippen LogP contribution in [0.3, 0.4) is 0 Å². The highest BCUT2D eigenvalue weighted by atomic mass is 16.3. The lowest BCUT2D eigenvalue weighted by Crippen LogP contribution is -2.56. The molecule has 3 nitrogen and oxygen atoms in total. The molecular weight excluding hydrogens is 382 g/mol. The molecule has 0 aromatic rings. The first-order valence-corrected chi connectivity index (χ1v) is 13.5. The van der Waals surface area contributed by atoms with Gasteiger partial charge in [-0.3, -0.25) is 4.79 Å². The van der Waals surface area contributed by atoms with Crippen molar-refractivity contribution in [1.29, 1.82) is 0 Å². The molecule has 11 unspecified atom stereocenters. The van der Waals surface area contributed by atoms with Crippen molar-refractivity contribution in [2.75, 3.05) is 13.6 Å². The van der Waals surface area contributed by atoms with Gasteiger partial charge in [-0.2, -0.15) is 0 Å². The standard InChI is InChI=1S/C28H47NO2/c1-17-6-7-25(29(5)16-17)18(2)19-12-23-21-14-26(31)24-13-20(30)8-11-28(24,4)22(21)9-10-27(23,3)15-19/h17-25,30H,6-16H2,1-5H3. The summed E-state index contributed by atoms with van der Waals surface area (Å²) in [5, 5.41) is 10.3. The quantitative estimate of drug-likeness (QED) is 0.625. The topological polar surface area (TPSA) is 40.5 Å². The fourth-order valence-electron chi connectivity index (χ4n) is 9.91. The maximum atomic E-state index is 13.3. The predicted molar refractivity (Wildman–Crippen MR) is 126 cm³/mol. The molecule has 4 saturated carbocycles. The summed E-state index contributed by atoms with van der Waals surface area (Å²) in [7, 11) is 2.36. The van der Waals surface area contributed by atoms with Crippen LogP contribution in [0.15, 0.2) is 0 Å². The van der Waals surface area contributed by atoms with E-state index in [1.165, 1.54) is 45.1 Å². The van der Waals surface area contributed by atoms with Gasteiger partial charge in [-0.05, 0) is 111 Å². The average Bonchev–Trinajstić information content (AvgIpc) is 3.07. The molecule has 11 atom stereocenters. The van der Waals surface area contributed by atoms with Gasteiger partial charge in [0.1, 0.15) is 5.78 Å². The molecule has 4 aliphatic carbocycles. The van der Waals surface area contributed by atoms with E-state index in [1.807, 2.05) is 0 Å². The summed E-state index contributed by atoms with van der Waals surface area (Å²) >= 11 is 0. The van der Waals surface area contributed by atoms with Crippen LogP contribution in [0.4, 0.5) is 0 Å². The highest BCUT2D eigenvalue weighted by Gasteiger charge is 2.61. The number of hydrogen-bond donors (Lipinski definition) is 1. The maximum Gasteiger partial charge on any atom is 0.136 e. The van der Waals surface area contributed by atoms with E-state index < -0.39 is 0 Å². The molecule has 0 bridgehead atoms. The van der Waals surface area contributed by atoms with Gasteiger partial charge in [0.15, 0.2) is 0 Å². The van der Waals surface area contributed by atoms with Gasteiger partial charge in [0, 0.05) is 24.9 Å². The molecule has 3 heteroatoms. The molecule has 0 aromatic carbocycles. The molecule has 5 aliphatic rings. The Labute approximate surface area is 190 Å². The molecular formula is C28H47NO2. The minimum absolute atomic E-state index is 0.121. The fraction of sp³-hybridized carbons (Fsp3) is 0.964. The number of rotatable bonds is 2. The Kier molecular flexibility index (Phi) is 5.65. The number of aliphatic hydroxyl groups excluding tert-OH is 1. The van der Waals surface area contributed by atoms with Crippen LogP contribution in [0.1, 0.15) is 91.9 Å². The Morgan fingerprint density at radius 3 is 2.58 bits per heavy atom. The van der Waals surface area contributed by atoms with E-state index in [0.29, 0.717) is 23.0 Å². The van der Waals surface area contributed by atoms with Crippen LogP contribution >= 0.6 is 0 Å². The third-order valence-corrected chi connectivity index (χ3v) is 11.7. The van der Waals surface area contributed by atoms with Gasteiger partial charge >= 0.3 is 0 Å². The number of ketones is 1. The molecule has 0 radical (unpaired) electrons. The Hall–Kier alpha value is -0.410. The van der Waals surface area contributed by atoms with E-state index >= 15 is 0 Å². The minimum Gasteiger partial charge on any atom is -0.393 e. The van der Waals surface area contributed by atoms with Crippen molar-refractivity contribution in [2.24, 2.45) is 52.3 Å². The SMILES string of the molecule is CC1CCC(C(C)C2CC3C4CC(=O)C5CC(O)CCC5(C)C4CCC3(C)C2)N(C)C1. The Balaban J connectivity index is 1.35. The number of Topliss-reactive ketones (excluding diaryl/α,β-unsaturated/α-hetero) is 1. The van der Waals surface area contributed by atoms with Gasteiger partial charge in [0.25, 0.3) is 0 Å². The first kappa shape index (κ1) is 22.4. The zero-order valence-electron chi connectivity index (χ0n) is 20.8. The smallest absolute Gasteiger partial charge is 0.136 e. The number of nitrogens with zero attached hydrogens (tertiary/aromatic N) is 1. The van der Waals surface area contributed by atoms with Gasteiger partial charge in [-0.25, -0.2) is 0 Å². The second-order valence-electron chi connectivity index (χ2n) is 13.5. The van der Waals surface area contributed by atoms with Crippen LogP contribution in [0.5, 0.6) is 0 Å². The molecule has 1 aliphatic heterocycles. The van der Waals surface area contributed by atoms with Crippen molar-refractivity contribution in [3.63, 3.8) is 0 Å². The highest BCUT2D eigenvalue weighted by Crippen LogP contribution is 2.67. The lowest BCUT2D eigenvalue weighted by atomic mass is 9.45. The van der Waals surface area contributed by atoms with Crippen LogP contribution in [0.25, 0.3) is 0 Å². The average molecular weight is 430 g/mol. The van der Waals surface area contributed by atoms with E-state index in [2.05, 4.69) is 39.6 Å². The van der Waals surface area contributed by atoms with Gasteiger partial charge < -0.3 is 10.0 Å². The normalized spacial score (nSPS) is 54.1. The minimum atomic E-state index is -0.251. The summed E-state index contributed by atoms with van der Waals surface area (Å²) in [6, 6.07) is 0.746. The van der Waals surface area contributed by atoms with E-state index in [-0.39, 0.29) is 17.4 Å². The Morgan fingerprint density at radius 1 is 1.06 bits per heavy atom. The number of fused-ring (bicyclic) bond motifs is 5. The van der Waals surface area contributed by atoms with E-state index in [9.17, 15) is 9.90 Å². The van der Waals surface area contributed by atoms with Crippen molar-refractivity contribution in [2.45, 2.75) is 104 Å². The van der Waals surface area contributed by atoms with Crippen LogP contribution < -0.4 is 0 Å². The van der Waals surface area contributed by atoms with Gasteiger partial charge in [0.2, 0.25) is 0 Å². The summed E-state index contributed by atoms with van der Waals surface area (Å²) < 4.78 is 0. The zero-order valence-corrected chi connectivity index (χ0v) is 20.8. The summed E-state index contributed by atoms with van der Waals surface area (Å²) in [6.45, 7) is 11.2. The number of aliphatic hydroxyl groups is 1. The summed E-state index contributed by atoms with van der Waals surface area (Å²) in [6.07, 6.45) is 11.4. The van der Waals surface area contributed by atoms with Gasteiger partial charge in [0.05, 0.1) is 6.10 Å². The largest absolute Gasteiger partial charge is 0.393 e. The summed E-state index contributed by atoms with van der Waals surface area (Å²) in [5.41, 5.74) is 0.586. The molecule has 1 heterocycles. The Morgan fingerprint density at radius 2 is 1.84 bits per heavy atom. The van der Waals surface area contributed by atoms with Crippen molar-refractivity contribution >= 4 is 5.78 Å². The third kappa shape index (κ3) is 3.56. The molecule has 1 N–H and O–H groups in total. The Bertz CT molecular complexity index is 707. The van der Waals surface area contributed by atoms with Crippen molar-refractivity contribution in [3.8, 4) is 0 Å². The lowest BCUT2D eigenvalue weighted by Gasteiger charge is -2.59. The summed E-state index contributed by atoms with van der Waals surface area (Å²) in [5.74, 6) is 5.08. The predicted octanol–water partition coefficient (Wildman–Crippen LogP) is 5.55. The molecule has 5 rings (SSSR count). The van der Waals surface area contributed by atoms with Gasteiger partial charge in [-0.1, -0.05) is 27.7 Å². The second-order valence-corrected chi connectivity index (χ2v) is 13.5. The molecule has 0 amide bonds. The zero-order chi connectivity index (χ0) is 22.1. The van der Waals surface area contributed by atoms with Crippen LogP contribution in [0.2, 0.25) is 0 Å². The number of hydrogen-bond acceptors (Lipinski definition) is 3. The molecule has 176 valence electrons. The number of carbonyl (C=O) groups excluding carboxylic acids is 1. The van der Waals surface area contributed by atoms with E-state index in [0.717, 1.165) is 55.4 Å². The van der Waals surface area contributed by atoms with E-state index in [1.54, 1.807) is 0 Å². The molecule has 0 aromatic heterocycles. The maximum absolute atomic E-state index is 13.3.